The molecule has 0 radical (unpaired) electrons. The lowest BCUT2D eigenvalue weighted by Gasteiger charge is -2.17. The predicted octanol–water partition coefficient (Wildman–Crippen LogP) is 4.66. The van der Waals surface area contributed by atoms with Gasteiger partial charge in [0.2, 0.25) is 5.91 Å². The number of nitrogens with zero attached hydrogens (tertiary/aromatic N) is 1. The number of fused-ring (bicyclic) bond motifs is 1. The lowest BCUT2D eigenvalue weighted by molar-refractivity contribution is -0.111. The molecule has 1 aromatic carbocycles. The zero-order valence-corrected chi connectivity index (χ0v) is 15.5. The molecule has 0 fully saturated rings. The molecule has 0 saturated heterocycles. The van der Waals surface area contributed by atoms with E-state index in [1.165, 1.54) is 17.4 Å². The summed E-state index contributed by atoms with van der Waals surface area (Å²) in [5.74, 6) is -0.174. The largest absolute Gasteiger partial charge is 0.322 e. The molecule has 3 aromatic rings. The van der Waals surface area contributed by atoms with Gasteiger partial charge >= 0.3 is 0 Å². The highest BCUT2D eigenvalue weighted by Gasteiger charge is 2.26. The summed E-state index contributed by atoms with van der Waals surface area (Å²) in [4.78, 5) is 28.4. The summed E-state index contributed by atoms with van der Waals surface area (Å²) in [6, 6.07) is 13.4. The molecule has 2 amide bonds. The first kappa shape index (κ1) is 16.8. The number of carbonyl (C=O) groups excluding carboxylic acids is 2. The molecule has 0 saturated carbocycles. The van der Waals surface area contributed by atoms with Gasteiger partial charge in [0.25, 0.3) is 5.91 Å². The van der Waals surface area contributed by atoms with E-state index in [2.05, 4.69) is 5.32 Å². The Bertz CT molecular complexity index is 960. The summed E-state index contributed by atoms with van der Waals surface area (Å²) in [7, 11) is 0. The summed E-state index contributed by atoms with van der Waals surface area (Å²) < 4.78 is 0. The third kappa shape index (κ3) is 3.47. The van der Waals surface area contributed by atoms with Gasteiger partial charge in [-0.05, 0) is 53.1 Å². The zero-order valence-electron chi connectivity index (χ0n) is 13.8. The molecule has 0 spiro atoms. The van der Waals surface area contributed by atoms with Crippen LogP contribution in [0.1, 0.15) is 20.1 Å². The van der Waals surface area contributed by atoms with Crippen molar-refractivity contribution < 1.29 is 9.59 Å². The molecule has 26 heavy (non-hydrogen) atoms. The Kier molecular flexibility index (Phi) is 4.69. The van der Waals surface area contributed by atoms with Crippen molar-refractivity contribution in [2.75, 3.05) is 16.8 Å². The molecule has 0 unspecified atom stereocenters. The molecule has 2 aromatic heterocycles. The summed E-state index contributed by atoms with van der Waals surface area (Å²) in [5.41, 5.74) is 2.70. The second-order valence-corrected chi connectivity index (χ2v) is 7.79. The van der Waals surface area contributed by atoms with Crippen molar-refractivity contribution >= 4 is 51.9 Å². The van der Waals surface area contributed by atoms with E-state index in [1.807, 2.05) is 53.2 Å². The normalized spacial score (nSPS) is 13.2. The number of hydrogen-bond donors (Lipinski definition) is 1. The van der Waals surface area contributed by atoms with Crippen LogP contribution in [0.2, 0.25) is 0 Å². The van der Waals surface area contributed by atoms with Crippen molar-refractivity contribution in [3.8, 4) is 0 Å². The number of rotatable bonds is 4. The van der Waals surface area contributed by atoms with Gasteiger partial charge in [-0.2, -0.15) is 0 Å². The van der Waals surface area contributed by atoms with Crippen LogP contribution in [0.15, 0.2) is 59.3 Å². The molecule has 4 nitrogen and oxygen atoms in total. The Balaban J connectivity index is 1.50. The van der Waals surface area contributed by atoms with Crippen LogP contribution in [0, 0.1) is 0 Å². The molecule has 1 N–H and O–H groups in total. The van der Waals surface area contributed by atoms with Crippen molar-refractivity contribution in [1.82, 2.24) is 0 Å². The van der Waals surface area contributed by atoms with Crippen LogP contribution in [0.4, 0.5) is 11.4 Å². The van der Waals surface area contributed by atoms with E-state index < -0.39 is 0 Å². The van der Waals surface area contributed by atoms with Gasteiger partial charge in [0.1, 0.15) is 0 Å². The Morgan fingerprint density at radius 1 is 1.08 bits per heavy atom. The van der Waals surface area contributed by atoms with Crippen LogP contribution in [-0.4, -0.2) is 18.4 Å². The van der Waals surface area contributed by atoms with E-state index in [4.69, 9.17) is 0 Å². The first-order valence-electron chi connectivity index (χ1n) is 8.21. The molecule has 0 bridgehead atoms. The maximum absolute atomic E-state index is 12.7. The highest BCUT2D eigenvalue weighted by atomic mass is 32.1. The molecular weight excluding hydrogens is 364 g/mol. The monoisotopic (exact) mass is 380 g/mol. The average Bonchev–Trinajstić information content (AvgIpc) is 3.40. The van der Waals surface area contributed by atoms with E-state index in [0.717, 1.165) is 27.4 Å². The van der Waals surface area contributed by atoms with Gasteiger partial charge in [-0.25, -0.2) is 0 Å². The number of anilines is 2. The first-order chi connectivity index (χ1) is 12.7. The van der Waals surface area contributed by atoms with Crippen molar-refractivity contribution in [1.29, 1.82) is 0 Å². The van der Waals surface area contributed by atoms with Gasteiger partial charge in [0, 0.05) is 28.9 Å². The van der Waals surface area contributed by atoms with Gasteiger partial charge in [0.05, 0.1) is 4.88 Å². The van der Waals surface area contributed by atoms with Crippen molar-refractivity contribution in [3.63, 3.8) is 0 Å². The maximum atomic E-state index is 12.7. The second-order valence-electron chi connectivity index (χ2n) is 5.87. The third-order valence-corrected chi connectivity index (χ3v) is 5.86. The van der Waals surface area contributed by atoms with E-state index in [9.17, 15) is 9.59 Å². The van der Waals surface area contributed by atoms with Crippen LogP contribution >= 0.6 is 22.7 Å². The number of benzene rings is 1. The van der Waals surface area contributed by atoms with Gasteiger partial charge < -0.3 is 10.2 Å². The average molecular weight is 380 g/mol. The van der Waals surface area contributed by atoms with Gasteiger partial charge in [-0.1, -0.05) is 18.2 Å². The Morgan fingerprint density at radius 3 is 2.69 bits per heavy atom. The second kappa shape index (κ2) is 7.27. The fraction of sp³-hybridized carbons (Fsp3) is 0.100. The highest BCUT2D eigenvalue weighted by Crippen LogP contribution is 2.32. The molecule has 130 valence electrons. The lowest BCUT2D eigenvalue weighted by atomic mass is 10.1. The fourth-order valence-electron chi connectivity index (χ4n) is 2.93. The van der Waals surface area contributed by atoms with Crippen molar-refractivity contribution in [2.45, 2.75) is 6.42 Å². The molecule has 3 heterocycles. The number of carbonyl (C=O) groups is 2. The molecule has 0 aliphatic carbocycles. The van der Waals surface area contributed by atoms with Gasteiger partial charge in [-0.15, -0.1) is 22.7 Å². The minimum absolute atomic E-state index is 0.0137. The van der Waals surface area contributed by atoms with Crippen LogP contribution in [-0.2, 0) is 11.2 Å². The first-order valence-corrected chi connectivity index (χ1v) is 9.97. The van der Waals surface area contributed by atoms with E-state index in [-0.39, 0.29) is 11.8 Å². The summed E-state index contributed by atoms with van der Waals surface area (Å²) in [5, 5.41) is 6.74. The lowest BCUT2D eigenvalue weighted by Crippen LogP contribution is -2.28. The predicted molar refractivity (Wildman–Crippen MR) is 108 cm³/mol. The quantitative estimate of drug-likeness (QED) is 0.669. The highest BCUT2D eigenvalue weighted by molar-refractivity contribution is 7.12. The van der Waals surface area contributed by atoms with Crippen LogP contribution in [0.5, 0.6) is 0 Å². The van der Waals surface area contributed by atoms with Crippen LogP contribution < -0.4 is 10.2 Å². The minimum atomic E-state index is -0.188. The SMILES string of the molecule is O=C(/C=C/c1cccs1)Nc1ccc2c(c1)N(C(=O)c1cccs1)CC2. The number of amides is 2. The molecular formula is C20H16N2O2S2. The zero-order chi connectivity index (χ0) is 17.9. The molecule has 1 aliphatic rings. The van der Waals surface area contributed by atoms with E-state index >= 15 is 0 Å². The molecule has 1 aliphatic heterocycles. The maximum Gasteiger partial charge on any atom is 0.268 e. The van der Waals surface area contributed by atoms with E-state index in [0.29, 0.717) is 12.2 Å². The van der Waals surface area contributed by atoms with Gasteiger partial charge in [-0.3, -0.25) is 9.59 Å². The Morgan fingerprint density at radius 2 is 1.92 bits per heavy atom. The van der Waals surface area contributed by atoms with Crippen molar-refractivity contribution in [2.24, 2.45) is 0 Å². The summed E-state index contributed by atoms with van der Waals surface area (Å²) in [6.45, 7) is 0.668. The topological polar surface area (TPSA) is 49.4 Å². The third-order valence-electron chi connectivity index (χ3n) is 4.17. The molecule has 6 heteroatoms. The smallest absolute Gasteiger partial charge is 0.268 e. The van der Waals surface area contributed by atoms with E-state index in [1.54, 1.807) is 22.3 Å². The summed E-state index contributed by atoms with van der Waals surface area (Å²) >= 11 is 3.02. The van der Waals surface area contributed by atoms with Gasteiger partial charge in [0.15, 0.2) is 0 Å². The molecule has 4 rings (SSSR count). The number of hydrogen-bond acceptors (Lipinski definition) is 4. The fourth-order valence-corrected chi connectivity index (χ4v) is 4.22. The minimum Gasteiger partial charge on any atom is -0.322 e. The molecule has 0 atom stereocenters. The number of thiophene rings is 2. The Labute approximate surface area is 159 Å². The van der Waals surface area contributed by atoms with Crippen LogP contribution in [0.3, 0.4) is 0 Å². The number of nitrogens with one attached hydrogen (secondary N) is 1. The Hall–Kier alpha value is -2.70. The van der Waals surface area contributed by atoms with Crippen LogP contribution in [0.25, 0.3) is 6.08 Å². The standard InChI is InChI=1S/C20H16N2O2S2/c23-19(8-7-16-3-1-11-25-16)21-15-6-5-14-9-10-22(17(14)13-15)20(24)18-4-2-12-26-18/h1-8,11-13H,9-10H2,(H,21,23)/b8-7+. The summed E-state index contributed by atoms with van der Waals surface area (Å²) in [6.07, 6.45) is 4.15. The van der Waals surface area contributed by atoms with Crippen molar-refractivity contribution in [3.05, 3.63) is 74.6 Å².